The van der Waals surface area contributed by atoms with Crippen LogP contribution in [0.1, 0.15) is 90.7 Å². The molecule has 0 unspecified atom stereocenters. The van der Waals surface area contributed by atoms with Crippen molar-refractivity contribution in [1.29, 1.82) is 0 Å². The second kappa shape index (κ2) is 20.7. The molecule has 0 amide bonds. The van der Waals surface area contributed by atoms with Crippen LogP contribution in [0, 0.1) is 0 Å². The van der Waals surface area contributed by atoms with Gasteiger partial charge in [0.25, 0.3) is 0 Å². The molecule has 2 aromatic rings. The van der Waals surface area contributed by atoms with Crippen molar-refractivity contribution in [2.45, 2.75) is 86.1 Å². The second-order valence-electron chi connectivity index (χ2n) is 10.1. The minimum absolute atomic E-state index is 0. The predicted molar refractivity (Wildman–Crippen MR) is 155 cm³/mol. The highest BCUT2D eigenvalue weighted by Gasteiger charge is 2.20. The highest BCUT2D eigenvalue weighted by Crippen LogP contribution is 2.19. The highest BCUT2D eigenvalue weighted by molar-refractivity contribution is 5.70. The number of benzene rings is 1. The van der Waals surface area contributed by atoms with Gasteiger partial charge in [-0.15, -0.1) is 0 Å². The SMILES string of the molecule is CCCCCN(CCCCC)c1ccc(C=Cc2cc[n+](CCC[N+](CC)(CC)CC)cc2)cc1.[Br-].[Br-]. The van der Waals surface area contributed by atoms with Crippen molar-refractivity contribution in [2.24, 2.45) is 0 Å². The van der Waals surface area contributed by atoms with E-state index in [0.717, 1.165) is 6.54 Å². The average molecular weight is 640 g/mol. The Morgan fingerprint density at radius 2 is 1.14 bits per heavy atom. The van der Waals surface area contributed by atoms with Crippen molar-refractivity contribution in [3.05, 3.63) is 59.9 Å². The van der Waals surface area contributed by atoms with Gasteiger partial charge in [-0.1, -0.05) is 63.8 Å². The van der Waals surface area contributed by atoms with Gasteiger partial charge in [0.2, 0.25) is 0 Å². The largest absolute Gasteiger partial charge is 1.00 e. The summed E-state index contributed by atoms with van der Waals surface area (Å²) in [5.41, 5.74) is 3.89. The third-order valence-electron chi connectivity index (χ3n) is 7.77. The van der Waals surface area contributed by atoms with Gasteiger partial charge < -0.3 is 43.3 Å². The first kappa shape index (κ1) is 35.8. The predicted octanol–water partition coefficient (Wildman–Crippen LogP) is 1.61. The molecule has 0 saturated heterocycles. The Kier molecular flexibility index (Phi) is 20.1. The van der Waals surface area contributed by atoms with Gasteiger partial charge in [0.15, 0.2) is 18.9 Å². The first-order valence-corrected chi connectivity index (χ1v) is 14.5. The van der Waals surface area contributed by atoms with Gasteiger partial charge in [-0.25, -0.2) is 4.57 Å². The number of nitrogens with zero attached hydrogens (tertiary/aromatic N) is 3. The zero-order valence-corrected chi connectivity index (χ0v) is 27.4. The van der Waals surface area contributed by atoms with Gasteiger partial charge in [0.05, 0.1) is 32.6 Å². The summed E-state index contributed by atoms with van der Waals surface area (Å²) in [5, 5.41) is 0. The smallest absolute Gasteiger partial charge is 0.169 e. The summed E-state index contributed by atoms with van der Waals surface area (Å²) < 4.78 is 3.56. The summed E-state index contributed by atoms with van der Waals surface area (Å²) in [7, 11) is 0. The summed E-state index contributed by atoms with van der Waals surface area (Å²) in [4.78, 5) is 2.58. The molecule has 3 nitrogen and oxygen atoms in total. The minimum Gasteiger partial charge on any atom is -1.00 e. The summed E-state index contributed by atoms with van der Waals surface area (Å²) >= 11 is 0. The Bertz CT molecular complexity index is 812. The van der Waals surface area contributed by atoms with Crippen LogP contribution in [-0.2, 0) is 6.54 Å². The van der Waals surface area contributed by atoms with E-state index in [-0.39, 0.29) is 34.0 Å². The molecule has 0 aliphatic carbocycles. The van der Waals surface area contributed by atoms with Crippen LogP contribution in [0.2, 0.25) is 0 Å². The monoisotopic (exact) mass is 637 g/mol. The van der Waals surface area contributed by atoms with E-state index in [1.54, 1.807) is 0 Å². The quantitative estimate of drug-likeness (QED) is 0.137. The lowest BCUT2D eigenvalue weighted by Gasteiger charge is -2.35. The zero-order valence-electron chi connectivity index (χ0n) is 24.3. The molecular formula is C32H53Br2N3. The van der Waals surface area contributed by atoms with E-state index in [4.69, 9.17) is 0 Å². The Morgan fingerprint density at radius 1 is 0.649 bits per heavy atom. The Morgan fingerprint density at radius 3 is 1.59 bits per heavy atom. The van der Waals surface area contributed by atoms with Crippen molar-refractivity contribution >= 4 is 17.8 Å². The van der Waals surface area contributed by atoms with Crippen molar-refractivity contribution in [1.82, 2.24) is 0 Å². The van der Waals surface area contributed by atoms with E-state index in [0.29, 0.717) is 0 Å². The van der Waals surface area contributed by atoms with E-state index in [1.165, 1.54) is 106 Å². The molecule has 0 bridgehead atoms. The molecular weight excluding hydrogens is 586 g/mol. The van der Waals surface area contributed by atoms with Gasteiger partial charge in [-0.05, 0) is 56.9 Å². The number of rotatable bonds is 18. The summed E-state index contributed by atoms with van der Waals surface area (Å²) in [6, 6.07) is 13.6. The fraction of sp³-hybridized carbons (Fsp3) is 0.594. The summed E-state index contributed by atoms with van der Waals surface area (Å²) in [6.45, 7) is 20.0. The highest BCUT2D eigenvalue weighted by atomic mass is 79.9. The molecule has 0 aliphatic rings. The number of pyridine rings is 1. The van der Waals surface area contributed by atoms with Crippen molar-refractivity contribution < 1.29 is 43.0 Å². The van der Waals surface area contributed by atoms with Crippen molar-refractivity contribution in [3.63, 3.8) is 0 Å². The van der Waals surface area contributed by atoms with Gasteiger partial charge in [0.1, 0.15) is 0 Å². The molecule has 1 aromatic heterocycles. The van der Waals surface area contributed by atoms with Crippen LogP contribution in [0.25, 0.3) is 12.2 Å². The number of quaternary nitrogens is 1. The molecule has 0 fully saturated rings. The third kappa shape index (κ3) is 13.0. The lowest BCUT2D eigenvalue weighted by molar-refractivity contribution is -0.925. The standard InChI is InChI=1S/C32H53N3.2BrH/c1-6-11-13-25-34(26-14-12-7-2)32-20-18-30(19-21-32)16-17-31-22-27-33(28-23-31)24-15-29-35(8-3,9-4)10-5;;/h16-23,27-28H,6-15,24-26,29H2,1-5H3;2*1H/q+2;;/p-2. The first-order chi connectivity index (χ1) is 17.1. The lowest BCUT2D eigenvalue weighted by Crippen LogP contribution is -3.00. The summed E-state index contributed by atoms with van der Waals surface area (Å²) in [6.07, 6.45) is 17.9. The molecule has 0 N–H and O–H groups in total. The van der Waals surface area contributed by atoms with Crippen LogP contribution < -0.4 is 43.4 Å². The molecule has 37 heavy (non-hydrogen) atoms. The third-order valence-corrected chi connectivity index (χ3v) is 7.77. The number of anilines is 1. The lowest BCUT2D eigenvalue weighted by atomic mass is 10.1. The van der Waals surface area contributed by atoms with Gasteiger partial charge in [-0.3, -0.25) is 0 Å². The van der Waals surface area contributed by atoms with Crippen LogP contribution in [0.15, 0.2) is 48.8 Å². The van der Waals surface area contributed by atoms with E-state index >= 15 is 0 Å². The maximum atomic E-state index is 2.58. The van der Waals surface area contributed by atoms with Crippen LogP contribution >= 0.6 is 0 Å². The maximum absolute atomic E-state index is 2.58. The minimum atomic E-state index is 0. The number of aryl methyl sites for hydroxylation is 1. The number of hydrogen-bond acceptors (Lipinski definition) is 1. The van der Waals surface area contributed by atoms with E-state index in [1.807, 2.05) is 0 Å². The molecule has 1 aromatic carbocycles. The molecule has 0 spiro atoms. The Balaban J connectivity index is 0.00000648. The van der Waals surface area contributed by atoms with Gasteiger partial charge in [0, 0.05) is 30.9 Å². The number of aromatic nitrogens is 1. The average Bonchev–Trinajstić information content (AvgIpc) is 2.90. The summed E-state index contributed by atoms with van der Waals surface area (Å²) in [5.74, 6) is 0. The number of halogens is 2. The van der Waals surface area contributed by atoms with Crippen molar-refractivity contribution in [2.75, 3.05) is 44.2 Å². The van der Waals surface area contributed by atoms with Crippen molar-refractivity contribution in [3.8, 4) is 0 Å². The zero-order chi connectivity index (χ0) is 25.4. The van der Waals surface area contributed by atoms with Gasteiger partial charge in [-0.2, -0.15) is 0 Å². The molecule has 0 radical (unpaired) electrons. The fourth-order valence-electron chi connectivity index (χ4n) is 4.93. The van der Waals surface area contributed by atoms with Crippen LogP contribution in [0.5, 0.6) is 0 Å². The topological polar surface area (TPSA) is 7.12 Å². The molecule has 5 heteroatoms. The Hall–Kier alpha value is -1.17. The van der Waals surface area contributed by atoms with Gasteiger partial charge >= 0.3 is 0 Å². The first-order valence-electron chi connectivity index (χ1n) is 14.5. The fourth-order valence-corrected chi connectivity index (χ4v) is 4.93. The van der Waals surface area contributed by atoms with E-state index in [2.05, 4.69) is 105 Å². The van der Waals surface area contributed by atoms with Crippen LogP contribution in [0.4, 0.5) is 5.69 Å². The molecule has 210 valence electrons. The number of hydrogen-bond donors (Lipinski definition) is 0. The molecule has 0 aliphatic heterocycles. The molecule has 0 atom stereocenters. The molecule has 1 heterocycles. The van der Waals surface area contributed by atoms with E-state index in [9.17, 15) is 0 Å². The second-order valence-corrected chi connectivity index (χ2v) is 10.1. The van der Waals surface area contributed by atoms with Crippen LogP contribution in [-0.4, -0.2) is 43.8 Å². The molecule has 2 rings (SSSR count). The maximum Gasteiger partial charge on any atom is 0.169 e. The van der Waals surface area contributed by atoms with Crippen LogP contribution in [0.3, 0.4) is 0 Å². The molecule has 0 saturated carbocycles. The number of unbranched alkanes of at least 4 members (excludes halogenated alkanes) is 4. The normalized spacial score (nSPS) is 11.3. The Labute approximate surface area is 250 Å². The van der Waals surface area contributed by atoms with E-state index < -0.39 is 0 Å².